The number of carboxylic acid groups (broad SMARTS) is 1. The van der Waals surface area contributed by atoms with Gasteiger partial charge in [0.2, 0.25) is 0 Å². The van der Waals surface area contributed by atoms with E-state index in [9.17, 15) is 4.79 Å². The van der Waals surface area contributed by atoms with E-state index in [1.165, 1.54) is 22.9 Å². The number of halogens is 1. The standard InChI is InChI=1S/C11H11ClN4O2/c1-6(2)10-13-14-15-16(10)9-5-7(11(17)18)3-4-8(9)12/h3-6H,1-2H3,(H,17,18). The van der Waals surface area contributed by atoms with Gasteiger partial charge in [-0.2, -0.15) is 4.68 Å². The van der Waals surface area contributed by atoms with Gasteiger partial charge < -0.3 is 5.11 Å². The number of hydrogen-bond acceptors (Lipinski definition) is 4. The highest BCUT2D eigenvalue weighted by Crippen LogP contribution is 2.24. The van der Waals surface area contributed by atoms with Crippen LogP contribution in [-0.2, 0) is 0 Å². The molecule has 0 saturated heterocycles. The molecular weight excluding hydrogens is 256 g/mol. The third-order valence-electron chi connectivity index (χ3n) is 2.43. The van der Waals surface area contributed by atoms with Gasteiger partial charge in [0.25, 0.3) is 0 Å². The van der Waals surface area contributed by atoms with E-state index in [4.69, 9.17) is 16.7 Å². The number of nitrogens with zero attached hydrogens (tertiary/aromatic N) is 4. The zero-order valence-corrected chi connectivity index (χ0v) is 10.6. The molecule has 1 aromatic heterocycles. The molecule has 0 atom stereocenters. The van der Waals surface area contributed by atoms with Gasteiger partial charge in [-0.25, -0.2) is 4.79 Å². The van der Waals surface area contributed by atoms with Crippen molar-refractivity contribution in [1.29, 1.82) is 0 Å². The van der Waals surface area contributed by atoms with E-state index in [0.717, 1.165) is 0 Å². The molecule has 0 fully saturated rings. The minimum Gasteiger partial charge on any atom is -0.478 e. The zero-order valence-electron chi connectivity index (χ0n) is 9.83. The van der Waals surface area contributed by atoms with Gasteiger partial charge in [-0.3, -0.25) is 0 Å². The first-order valence-corrected chi connectivity index (χ1v) is 5.70. The zero-order chi connectivity index (χ0) is 13.3. The van der Waals surface area contributed by atoms with Crippen molar-refractivity contribution in [2.75, 3.05) is 0 Å². The van der Waals surface area contributed by atoms with E-state index in [2.05, 4.69) is 15.5 Å². The van der Waals surface area contributed by atoms with E-state index < -0.39 is 5.97 Å². The van der Waals surface area contributed by atoms with Gasteiger partial charge >= 0.3 is 5.97 Å². The summed E-state index contributed by atoms with van der Waals surface area (Å²) in [6, 6.07) is 4.41. The maximum atomic E-state index is 10.9. The molecule has 0 saturated carbocycles. The highest BCUT2D eigenvalue weighted by molar-refractivity contribution is 6.32. The van der Waals surface area contributed by atoms with Crippen molar-refractivity contribution in [2.45, 2.75) is 19.8 Å². The van der Waals surface area contributed by atoms with Crippen molar-refractivity contribution >= 4 is 17.6 Å². The van der Waals surface area contributed by atoms with Crippen LogP contribution in [-0.4, -0.2) is 31.3 Å². The van der Waals surface area contributed by atoms with E-state index in [-0.39, 0.29) is 11.5 Å². The normalized spacial score (nSPS) is 10.9. The molecule has 0 aliphatic heterocycles. The molecule has 0 radical (unpaired) electrons. The lowest BCUT2D eigenvalue weighted by Gasteiger charge is -2.09. The topological polar surface area (TPSA) is 80.9 Å². The van der Waals surface area contributed by atoms with Crippen LogP contribution in [0.5, 0.6) is 0 Å². The number of aromatic carboxylic acids is 1. The summed E-state index contributed by atoms with van der Waals surface area (Å²) in [6.07, 6.45) is 0. The number of hydrogen-bond donors (Lipinski definition) is 1. The molecule has 0 aliphatic rings. The minimum absolute atomic E-state index is 0.101. The van der Waals surface area contributed by atoms with E-state index in [1.54, 1.807) is 0 Å². The first-order valence-electron chi connectivity index (χ1n) is 5.32. The maximum Gasteiger partial charge on any atom is 0.335 e. The van der Waals surface area contributed by atoms with Crippen LogP contribution in [0.15, 0.2) is 18.2 Å². The van der Waals surface area contributed by atoms with Gasteiger partial charge in [-0.1, -0.05) is 25.4 Å². The molecule has 1 aromatic carbocycles. The molecule has 0 bridgehead atoms. The van der Waals surface area contributed by atoms with Crippen molar-refractivity contribution in [1.82, 2.24) is 20.2 Å². The number of benzene rings is 1. The van der Waals surface area contributed by atoms with Crippen molar-refractivity contribution in [3.63, 3.8) is 0 Å². The van der Waals surface area contributed by atoms with Gasteiger partial charge in [0, 0.05) is 5.92 Å². The predicted octanol–water partition coefficient (Wildman–Crippen LogP) is 2.14. The van der Waals surface area contributed by atoms with Crippen LogP contribution in [0, 0.1) is 0 Å². The van der Waals surface area contributed by atoms with Crippen molar-refractivity contribution in [3.05, 3.63) is 34.6 Å². The Morgan fingerprint density at radius 2 is 2.17 bits per heavy atom. The lowest BCUT2D eigenvalue weighted by molar-refractivity contribution is 0.0697. The van der Waals surface area contributed by atoms with Gasteiger partial charge in [0.05, 0.1) is 16.3 Å². The molecule has 18 heavy (non-hydrogen) atoms. The Hall–Kier alpha value is -1.95. The second-order valence-electron chi connectivity index (χ2n) is 4.07. The first-order chi connectivity index (χ1) is 8.50. The molecule has 1 N–H and O–H groups in total. The molecule has 2 rings (SSSR count). The Morgan fingerprint density at radius 1 is 1.44 bits per heavy atom. The Labute approximate surface area is 108 Å². The molecular formula is C11H11ClN4O2. The predicted molar refractivity (Wildman–Crippen MR) is 65.2 cm³/mol. The molecule has 0 aliphatic carbocycles. The van der Waals surface area contributed by atoms with Gasteiger partial charge in [0.1, 0.15) is 0 Å². The lowest BCUT2D eigenvalue weighted by atomic mass is 10.1. The fourth-order valence-electron chi connectivity index (χ4n) is 1.53. The lowest BCUT2D eigenvalue weighted by Crippen LogP contribution is -2.07. The molecule has 94 valence electrons. The smallest absolute Gasteiger partial charge is 0.335 e. The number of aromatic nitrogens is 4. The van der Waals surface area contributed by atoms with Gasteiger partial charge in [-0.15, -0.1) is 5.10 Å². The number of rotatable bonds is 3. The average Bonchev–Trinajstić information content (AvgIpc) is 2.78. The number of tetrazole rings is 1. The van der Waals surface area contributed by atoms with E-state index in [1.807, 2.05) is 13.8 Å². The molecule has 0 unspecified atom stereocenters. The largest absolute Gasteiger partial charge is 0.478 e. The van der Waals surface area contributed by atoms with Crippen LogP contribution in [0.25, 0.3) is 5.69 Å². The summed E-state index contributed by atoms with van der Waals surface area (Å²) in [4.78, 5) is 10.9. The van der Waals surface area contributed by atoms with Crippen molar-refractivity contribution < 1.29 is 9.90 Å². The summed E-state index contributed by atoms with van der Waals surface area (Å²) in [5.41, 5.74) is 0.602. The monoisotopic (exact) mass is 266 g/mol. The van der Waals surface area contributed by atoms with Crippen LogP contribution in [0.1, 0.15) is 35.9 Å². The Kier molecular flexibility index (Phi) is 3.29. The molecule has 7 heteroatoms. The fourth-order valence-corrected chi connectivity index (χ4v) is 1.73. The molecule has 0 spiro atoms. The van der Waals surface area contributed by atoms with Crippen LogP contribution < -0.4 is 0 Å². The summed E-state index contributed by atoms with van der Waals surface area (Å²) >= 11 is 6.06. The van der Waals surface area contributed by atoms with Crippen LogP contribution in [0.3, 0.4) is 0 Å². The second-order valence-corrected chi connectivity index (χ2v) is 4.48. The molecule has 1 heterocycles. The van der Waals surface area contributed by atoms with Crippen molar-refractivity contribution in [3.8, 4) is 5.69 Å². The van der Waals surface area contributed by atoms with E-state index >= 15 is 0 Å². The molecule has 6 nitrogen and oxygen atoms in total. The van der Waals surface area contributed by atoms with Crippen LogP contribution in [0.4, 0.5) is 0 Å². The average molecular weight is 267 g/mol. The summed E-state index contributed by atoms with van der Waals surface area (Å²) in [5, 5.41) is 20.7. The quantitative estimate of drug-likeness (QED) is 0.920. The Bertz CT molecular complexity index is 594. The summed E-state index contributed by atoms with van der Waals surface area (Å²) < 4.78 is 1.46. The van der Waals surface area contributed by atoms with E-state index in [0.29, 0.717) is 16.5 Å². The van der Waals surface area contributed by atoms with Crippen LogP contribution >= 0.6 is 11.6 Å². The third kappa shape index (κ3) is 2.19. The first kappa shape index (κ1) is 12.5. The third-order valence-corrected chi connectivity index (χ3v) is 2.75. The Morgan fingerprint density at radius 3 is 2.78 bits per heavy atom. The van der Waals surface area contributed by atoms with Gasteiger partial charge in [0.15, 0.2) is 5.82 Å². The van der Waals surface area contributed by atoms with Crippen molar-refractivity contribution in [2.24, 2.45) is 0 Å². The fraction of sp³-hybridized carbons (Fsp3) is 0.273. The second kappa shape index (κ2) is 4.73. The number of carbonyl (C=O) groups is 1. The highest BCUT2D eigenvalue weighted by Gasteiger charge is 2.16. The summed E-state index contributed by atoms with van der Waals surface area (Å²) in [6.45, 7) is 3.88. The maximum absolute atomic E-state index is 10.9. The molecule has 2 aromatic rings. The highest BCUT2D eigenvalue weighted by atomic mass is 35.5. The van der Waals surface area contributed by atoms with Gasteiger partial charge in [-0.05, 0) is 28.6 Å². The number of carboxylic acids is 1. The molecule has 0 amide bonds. The van der Waals surface area contributed by atoms with Crippen LogP contribution in [0.2, 0.25) is 5.02 Å². The minimum atomic E-state index is -1.02. The SMILES string of the molecule is CC(C)c1nnnn1-c1cc(C(=O)O)ccc1Cl. The summed E-state index contributed by atoms with van der Waals surface area (Å²) in [5.74, 6) is -0.295. The Balaban J connectivity index is 2.59. The summed E-state index contributed by atoms with van der Waals surface area (Å²) in [7, 11) is 0.